The van der Waals surface area contributed by atoms with E-state index >= 15 is 0 Å². The lowest BCUT2D eigenvalue weighted by molar-refractivity contribution is -0.729. The van der Waals surface area contributed by atoms with E-state index in [9.17, 15) is 24.8 Å². The predicted molar refractivity (Wildman–Crippen MR) is 151 cm³/mol. The number of ether oxygens (including phenoxy) is 1. The van der Waals surface area contributed by atoms with Crippen LogP contribution in [0.5, 0.6) is 0 Å². The van der Waals surface area contributed by atoms with E-state index < -0.39 is 22.9 Å². The van der Waals surface area contributed by atoms with Gasteiger partial charge in [-0.3, -0.25) is 14.9 Å². The number of aliphatic hydroxyl groups is 1. The van der Waals surface area contributed by atoms with Crippen LogP contribution in [0.25, 0.3) is 20.8 Å². The Morgan fingerprint density at radius 1 is 1.38 bits per heavy atom. The zero-order valence-electron chi connectivity index (χ0n) is 22.9. The zero-order valence-corrected chi connectivity index (χ0v) is 25.3. The van der Waals surface area contributed by atoms with Gasteiger partial charge in [-0.1, -0.05) is 35.1 Å². The number of β-lactam (4-membered cyclic amide) rings is 1. The van der Waals surface area contributed by atoms with E-state index in [1.807, 2.05) is 30.1 Å². The van der Waals surface area contributed by atoms with Crippen molar-refractivity contribution in [2.75, 3.05) is 12.8 Å². The highest BCUT2D eigenvalue weighted by Crippen LogP contribution is 2.52. The van der Waals surface area contributed by atoms with E-state index in [0.717, 1.165) is 14.7 Å². The molecule has 0 saturated carbocycles. The highest BCUT2D eigenvalue weighted by Gasteiger charge is 2.60. The van der Waals surface area contributed by atoms with Crippen LogP contribution < -0.4 is 17.0 Å². The topological polar surface area (TPSA) is 167 Å². The quantitative estimate of drug-likeness (QED) is 0.0313. The first-order valence-electron chi connectivity index (χ1n) is 12.9. The Labute approximate surface area is 255 Å². The van der Waals surface area contributed by atoms with Gasteiger partial charge >= 0.3 is 5.97 Å². The Kier molecular flexibility index (Phi) is 9.48. The Morgan fingerprint density at radius 3 is 2.71 bits per heavy atom. The molecule has 0 aliphatic carbocycles. The first-order valence-corrected chi connectivity index (χ1v) is 15.0. The molecule has 3 aromatic rings. The minimum Gasteiger partial charge on any atom is -1.00 e. The summed E-state index contributed by atoms with van der Waals surface area (Å²) in [5.41, 5.74) is 9.90. The fourth-order valence-corrected chi connectivity index (χ4v) is 7.80. The van der Waals surface area contributed by atoms with Gasteiger partial charge in [0.1, 0.15) is 18.5 Å². The van der Waals surface area contributed by atoms with Crippen molar-refractivity contribution in [1.29, 1.82) is 0 Å². The molecule has 1 amide bonds. The van der Waals surface area contributed by atoms with Crippen LogP contribution in [-0.2, 0) is 27.5 Å². The van der Waals surface area contributed by atoms with Gasteiger partial charge in [0.05, 0.1) is 34.4 Å². The molecule has 4 atom stereocenters. The number of nitro benzene ring substituents is 1. The third-order valence-electron chi connectivity index (χ3n) is 7.47. The van der Waals surface area contributed by atoms with Gasteiger partial charge in [-0.15, -0.1) is 0 Å². The number of thiazole rings is 1. The first-order chi connectivity index (χ1) is 19.7. The maximum absolute atomic E-state index is 13.5. The Balaban J connectivity index is 0.00000405. The molecule has 4 heterocycles. The lowest BCUT2D eigenvalue weighted by Gasteiger charge is -2.46. The summed E-state index contributed by atoms with van der Waals surface area (Å²) in [4.78, 5) is 43.2. The molecule has 1 saturated heterocycles. The van der Waals surface area contributed by atoms with Crippen molar-refractivity contribution < 1.29 is 41.3 Å². The smallest absolute Gasteiger partial charge is 0.355 e. The summed E-state index contributed by atoms with van der Waals surface area (Å²) in [6.45, 7) is 4.49. The number of amides is 1. The molecule has 222 valence electrons. The Bertz CT molecular complexity index is 1610. The zero-order chi connectivity index (χ0) is 29.4. The van der Waals surface area contributed by atoms with Gasteiger partial charge in [0.15, 0.2) is 0 Å². The second-order valence-electron chi connectivity index (χ2n) is 9.95. The molecular weight excluding hydrogens is 606 g/mol. The number of imidazole rings is 1. The molecule has 0 bridgehead atoms. The van der Waals surface area contributed by atoms with Crippen molar-refractivity contribution >= 4 is 51.1 Å². The minimum absolute atomic E-state index is 0. The van der Waals surface area contributed by atoms with Crippen LogP contribution in [0.4, 0.5) is 5.69 Å². The number of rotatable bonds is 11. The number of hydrogen-bond acceptors (Lipinski definition) is 9. The number of thioether (sulfide) groups is 1. The summed E-state index contributed by atoms with van der Waals surface area (Å²) in [5.74, 6) is -1.83. The number of halogens is 1. The number of fused-ring (bicyclic) bond motifs is 2. The van der Waals surface area contributed by atoms with Crippen molar-refractivity contribution in [3.63, 3.8) is 0 Å². The van der Waals surface area contributed by atoms with E-state index in [1.165, 1.54) is 40.5 Å². The summed E-state index contributed by atoms with van der Waals surface area (Å²) in [5, 5.41) is 25.9. The molecule has 42 heavy (non-hydrogen) atoms. The van der Waals surface area contributed by atoms with Gasteiger partial charge in [0.2, 0.25) is 15.8 Å². The van der Waals surface area contributed by atoms with Gasteiger partial charge in [-0.05, 0) is 42.8 Å². The Morgan fingerprint density at radius 2 is 2.10 bits per heavy atom. The van der Waals surface area contributed by atoms with E-state index in [-0.39, 0.29) is 48.3 Å². The van der Waals surface area contributed by atoms with E-state index in [2.05, 4.69) is 14.6 Å². The second-order valence-corrected chi connectivity index (χ2v) is 11.8. The highest BCUT2D eigenvalue weighted by atomic mass is 35.5. The van der Waals surface area contributed by atoms with Gasteiger partial charge < -0.3 is 27.2 Å². The molecule has 1 fully saturated rings. The number of nitrogens with zero attached hydrogens (tertiary/aromatic N) is 7. The van der Waals surface area contributed by atoms with Gasteiger partial charge in [-0.25, -0.2) is 9.36 Å². The average Bonchev–Trinajstić information content (AvgIpc) is 3.56. The lowest BCUT2D eigenvalue weighted by atomic mass is 9.77. The molecule has 2 aliphatic heterocycles. The van der Waals surface area contributed by atoms with Crippen molar-refractivity contribution in [3.05, 3.63) is 73.5 Å². The first kappa shape index (κ1) is 31.3. The fraction of sp³-hybridized carbons (Fsp3) is 0.423. The predicted octanol–water partition coefficient (Wildman–Crippen LogP) is 0.935. The largest absolute Gasteiger partial charge is 1.00 e. The van der Waals surface area contributed by atoms with E-state index in [1.54, 1.807) is 18.7 Å². The second kappa shape index (κ2) is 12.7. The van der Waals surface area contributed by atoms with Crippen LogP contribution in [0.15, 0.2) is 52.6 Å². The van der Waals surface area contributed by atoms with Crippen molar-refractivity contribution in [1.82, 2.24) is 9.30 Å². The molecule has 5 rings (SSSR count). The molecular formula is C26H28ClN7O6S2. The molecule has 2 aliphatic rings. The molecule has 0 unspecified atom stereocenters. The van der Waals surface area contributed by atoms with Crippen molar-refractivity contribution in [2.45, 2.75) is 50.6 Å². The maximum Gasteiger partial charge on any atom is 0.355 e. The van der Waals surface area contributed by atoms with Gasteiger partial charge in [0.25, 0.3) is 12.0 Å². The number of aryl methyl sites for hydroxylation is 1. The van der Waals surface area contributed by atoms with Crippen LogP contribution in [-0.4, -0.2) is 56.2 Å². The van der Waals surface area contributed by atoms with Crippen LogP contribution in [0.1, 0.15) is 30.7 Å². The van der Waals surface area contributed by atoms with Crippen LogP contribution in [0.2, 0.25) is 0 Å². The number of carbonyl (C=O) groups is 2. The third-order valence-corrected chi connectivity index (χ3v) is 9.55. The number of benzene rings is 1. The summed E-state index contributed by atoms with van der Waals surface area (Å²) in [6, 6.07) is 5.36. The number of nitro groups is 1. The molecule has 1 aromatic carbocycles. The molecule has 16 heteroatoms. The third kappa shape index (κ3) is 5.45. The average molecular weight is 634 g/mol. The number of aliphatic hydroxyl groups excluding tert-OH is 1. The Hall–Kier alpha value is -3.62. The number of hydrogen-bond donors (Lipinski definition) is 1. The van der Waals surface area contributed by atoms with Crippen LogP contribution in [0.3, 0.4) is 0 Å². The maximum atomic E-state index is 13.5. The van der Waals surface area contributed by atoms with Gasteiger partial charge in [0, 0.05) is 35.1 Å². The SMILES string of the molecule is CSc1c2sc(C3=C(C(=O)OCc4ccc([N+](=O)[O-])cc4)N4C(=O)[C@H]([C@@H](C)O)[C@H]4[C@H]3C)cn2c[n+]1CCCN=[N+]=[N-].[Cl-]. The highest BCUT2D eigenvalue weighted by molar-refractivity contribution is 7.98. The summed E-state index contributed by atoms with van der Waals surface area (Å²) in [6.07, 6.45) is 5.71. The molecule has 0 radical (unpaired) electrons. The molecule has 0 spiro atoms. The molecule has 2 aromatic heterocycles. The summed E-state index contributed by atoms with van der Waals surface area (Å²) >= 11 is 3.09. The minimum atomic E-state index is -0.866. The lowest BCUT2D eigenvalue weighted by Crippen LogP contribution is -3.00. The summed E-state index contributed by atoms with van der Waals surface area (Å²) in [7, 11) is 0. The van der Waals surface area contributed by atoms with Gasteiger partial charge in [-0.2, -0.15) is 4.40 Å². The number of carbonyl (C=O) groups excluding carboxylic acids is 2. The molecule has 1 N–H and O–H groups in total. The molecule has 13 nitrogen and oxygen atoms in total. The van der Waals surface area contributed by atoms with Crippen LogP contribution >= 0.6 is 23.1 Å². The fourth-order valence-electron chi connectivity index (χ4n) is 5.59. The standard InChI is InChI=1S/C26H28N7O6S2.ClH/c1-14-19(18-11-31-13-30(10-4-9-28-29-27)24(40-3)25(31)41-18)22(32-21(14)20(15(2)34)23(32)35)26(36)39-12-16-5-7-17(8-6-16)33(37)38;/h5-8,11,13-15,20-21,34H,4,9-10,12H2,1-3H3;1H/q+1;/p-1/t14-,15+,20+,21+;/m0./s1. The normalized spacial score (nSPS) is 20.0. The van der Waals surface area contributed by atoms with Crippen LogP contribution in [0, 0.1) is 22.0 Å². The van der Waals surface area contributed by atoms with Crippen molar-refractivity contribution in [3.8, 4) is 0 Å². The number of aromatic nitrogens is 2. The number of non-ortho nitro benzene ring substituents is 1. The van der Waals surface area contributed by atoms with Crippen molar-refractivity contribution in [2.24, 2.45) is 17.0 Å². The number of azide groups is 1. The monoisotopic (exact) mass is 633 g/mol. The van der Waals surface area contributed by atoms with E-state index in [0.29, 0.717) is 30.6 Å². The number of esters is 1. The van der Waals surface area contributed by atoms with E-state index in [4.69, 9.17) is 10.3 Å². The summed E-state index contributed by atoms with van der Waals surface area (Å²) < 4.78 is 9.71.